The molecule has 29 heavy (non-hydrogen) atoms. The molecule has 0 radical (unpaired) electrons. The number of rotatable bonds is 8. The van der Waals surface area contributed by atoms with E-state index in [2.05, 4.69) is 10.6 Å². The molecule has 0 fully saturated rings. The minimum absolute atomic E-state index is 0.0827. The van der Waals surface area contributed by atoms with Crippen molar-refractivity contribution < 1.29 is 28.6 Å². The quantitative estimate of drug-likeness (QED) is 0.372. The second-order valence-corrected chi connectivity index (χ2v) is 7.55. The average molecular weight is 425 g/mol. The summed E-state index contributed by atoms with van der Waals surface area (Å²) >= 11 is 5.30. The smallest absolute Gasteiger partial charge is 0.408 e. The normalized spacial score (nSPS) is 12.9. The van der Waals surface area contributed by atoms with Gasteiger partial charge in [-0.15, -0.1) is 0 Å². The maximum absolute atomic E-state index is 12.3. The largest absolute Gasteiger partial charge is 0.467 e. The van der Waals surface area contributed by atoms with Crippen molar-refractivity contribution in [3.8, 4) is 0 Å². The van der Waals surface area contributed by atoms with Crippen LogP contribution in [0.2, 0.25) is 0 Å². The molecule has 2 atom stereocenters. The highest BCUT2D eigenvalue weighted by Gasteiger charge is 2.32. The summed E-state index contributed by atoms with van der Waals surface area (Å²) in [6.45, 7) is 6.80. The topological polar surface area (TPSA) is 103 Å². The summed E-state index contributed by atoms with van der Waals surface area (Å²) < 4.78 is 15.0. The molecule has 1 aromatic rings. The van der Waals surface area contributed by atoms with Crippen LogP contribution in [0.5, 0.6) is 0 Å². The zero-order valence-electron chi connectivity index (χ0n) is 17.3. The molecule has 1 aromatic carbocycles. The van der Waals surface area contributed by atoms with Crippen LogP contribution in [-0.2, 0) is 30.2 Å². The lowest BCUT2D eigenvalue weighted by molar-refractivity contribution is -0.144. The second-order valence-electron chi connectivity index (χ2n) is 7.11. The van der Waals surface area contributed by atoms with Crippen LogP contribution in [0.1, 0.15) is 33.3 Å². The SMILES string of the molecule is CCOC(=O)[C@@H](NC(=O)OC(C)(C)C)C(=S)N[C@@H](Cc1ccccc1)C(=O)OC. The van der Waals surface area contributed by atoms with Crippen molar-refractivity contribution in [3.63, 3.8) is 0 Å². The first-order valence-corrected chi connectivity index (χ1v) is 9.56. The van der Waals surface area contributed by atoms with Gasteiger partial charge in [-0.25, -0.2) is 14.4 Å². The van der Waals surface area contributed by atoms with Crippen molar-refractivity contribution in [2.75, 3.05) is 13.7 Å². The van der Waals surface area contributed by atoms with Gasteiger partial charge in [0.05, 0.1) is 13.7 Å². The van der Waals surface area contributed by atoms with E-state index < -0.39 is 35.7 Å². The standard InChI is InChI=1S/C20H28N2O6S/c1-6-27-18(24)15(22-19(25)28-20(2,3)4)16(29)21-14(17(23)26-5)12-13-10-8-7-9-11-13/h7-11,14-15H,6,12H2,1-5H3,(H,21,29)(H,22,25)/t14-,15-/m0/s1. The molecule has 0 saturated heterocycles. The van der Waals surface area contributed by atoms with Gasteiger partial charge in [0.2, 0.25) is 0 Å². The highest BCUT2D eigenvalue weighted by molar-refractivity contribution is 7.80. The fraction of sp³-hybridized carbons (Fsp3) is 0.500. The van der Waals surface area contributed by atoms with Crippen molar-refractivity contribution in [1.29, 1.82) is 0 Å². The van der Waals surface area contributed by atoms with Crippen molar-refractivity contribution >= 4 is 35.2 Å². The number of benzene rings is 1. The third kappa shape index (κ3) is 8.91. The summed E-state index contributed by atoms with van der Waals surface area (Å²) in [6, 6.07) is 7.07. The van der Waals surface area contributed by atoms with Crippen molar-refractivity contribution in [2.24, 2.45) is 0 Å². The number of alkyl carbamates (subject to hydrolysis) is 1. The van der Waals surface area contributed by atoms with E-state index in [0.29, 0.717) is 0 Å². The molecular formula is C20H28N2O6S. The number of methoxy groups -OCH3 is 1. The second kappa shape index (κ2) is 11.4. The number of thiocarbonyl (C=S) groups is 1. The third-order valence-corrected chi connectivity index (χ3v) is 3.88. The number of nitrogens with one attached hydrogen (secondary N) is 2. The molecule has 9 heteroatoms. The van der Waals surface area contributed by atoms with Gasteiger partial charge in [0.1, 0.15) is 16.6 Å². The van der Waals surface area contributed by atoms with Gasteiger partial charge in [-0.3, -0.25) is 0 Å². The van der Waals surface area contributed by atoms with Gasteiger partial charge in [-0.05, 0) is 33.3 Å². The number of hydrogen-bond acceptors (Lipinski definition) is 7. The van der Waals surface area contributed by atoms with Crippen molar-refractivity contribution in [2.45, 2.75) is 51.8 Å². The van der Waals surface area contributed by atoms with Gasteiger partial charge in [0, 0.05) is 6.42 Å². The monoisotopic (exact) mass is 424 g/mol. The van der Waals surface area contributed by atoms with Crippen LogP contribution in [-0.4, -0.2) is 54.4 Å². The van der Waals surface area contributed by atoms with E-state index in [1.165, 1.54) is 7.11 Å². The minimum atomic E-state index is -1.32. The summed E-state index contributed by atoms with van der Waals surface area (Å²) in [5.74, 6) is -1.32. The van der Waals surface area contributed by atoms with Gasteiger partial charge in [0.15, 0.2) is 6.04 Å². The van der Waals surface area contributed by atoms with Crippen LogP contribution >= 0.6 is 12.2 Å². The number of carbonyl (C=O) groups is 3. The van der Waals surface area contributed by atoms with Gasteiger partial charge in [-0.2, -0.15) is 0 Å². The molecule has 1 amide bonds. The minimum Gasteiger partial charge on any atom is -0.467 e. The van der Waals surface area contributed by atoms with Gasteiger partial charge in [-0.1, -0.05) is 42.5 Å². The first-order chi connectivity index (χ1) is 13.6. The summed E-state index contributed by atoms with van der Waals surface area (Å²) in [4.78, 5) is 36.6. The van der Waals surface area contributed by atoms with E-state index >= 15 is 0 Å². The summed E-state index contributed by atoms with van der Waals surface area (Å²) in [5.41, 5.74) is 0.103. The molecule has 8 nitrogen and oxygen atoms in total. The predicted molar refractivity (Wildman–Crippen MR) is 111 cm³/mol. The molecule has 0 unspecified atom stereocenters. The molecule has 0 aliphatic heterocycles. The van der Waals surface area contributed by atoms with Crippen molar-refractivity contribution in [3.05, 3.63) is 35.9 Å². The van der Waals surface area contributed by atoms with E-state index in [4.69, 9.17) is 26.4 Å². The Bertz CT molecular complexity index is 717. The zero-order valence-corrected chi connectivity index (χ0v) is 18.1. The fourth-order valence-electron chi connectivity index (χ4n) is 2.32. The number of carbonyl (C=O) groups excluding carboxylic acids is 3. The maximum Gasteiger partial charge on any atom is 0.408 e. The Morgan fingerprint density at radius 1 is 1.07 bits per heavy atom. The molecule has 0 heterocycles. The van der Waals surface area contributed by atoms with E-state index in [1.807, 2.05) is 30.3 Å². The van der Waals surface area contributed by atoms with E-state index in [0.717, 1.165) is 5.56 Å². The van der Waals surface area contributed by atoms with Crippen LogP contribution in [0.3, 0.4) is 0 Å². The lowest BCUT2D eigenvalue weighted by Crippen LogP contribution is -2.55. The van der Waals surface area contributed by atoms with E-state index in [-0.39, 0.29) is 18.0 Å². The first kappa shape index (κ1) is 24.4. The molecule has 0 aliphatic rings. The zero-order chi connectivity index (χ0) is 22.0. The van der Waals surface area contributed by atoms with Crippen LogP contribution in [0.25, 0.3) is 0 Å². The van der Waals surface area contributed by atoms with Crippen LogP contribution < -0.4 is 10.6 Å². The highest BCUT2D eigenvalue weighted by atomic mass is 32.1. The average Bonchev–Trinajstić information content (AvgIpc) is 2.64. The van der Waals surface area contributed by atoms with Crippen LogP contribution in [0.4, 0.5) is 4.79 Å². The number of esters is 2. The molecule has 0 aromatic heterocycles. The summed E-state index contributed by atoms with van der Waals surface area (Å²) in [5, 5.41) is 5.20. The Balaban J connectivity index is 2.97. The third-order valence-electron chi connectivity index (χ3n) is 3.53. The Kier molecular flexibility index (Phi) is 9.54. The van der Waals surface area contributed by atoms with Crippen LogP contribution in [0.15, 0.2) is 30.3 Å². The molecule has 0 saturated carbocycles. The molecule has 0 aliphatic carbocycles. The lowest BCUT2D eigenvalue weighted by Gasteiger charge is -2.25. The predicted octanol–water partition coefficient (Wildman–Crippen LogP) is 2.14. The molecule has 160 valence electrons. The Morgan fingerprint density at radius 3 is 2.21 bits per heavy atom. The van der Waals surface area contributed by atoms with Gasteiger partial charge in [0.25, 0.3) is 0 Å². The Labute approximate surface area is 176 Å². The number of amides is 1. The number of ether oxygens (including phenoxy) is 3. The number of hydrogen-bond donors (Lipinski definition) is 2. The van der Waals surface area contributed by atoms with Crippen LogP contribution in [0, 0.1) is 0 Å². The van der Waals surface area contributed by atoms with E-state index in [1.54, 1.807) is 27.7 Å². The van der Waals surface area contributed by atoms with Gasteiger partial charge < -0.3 is 24.8 Å². The molecule has 2 N–H and O–H groups in total. The molecule has 0 bridgehead atoms. The van der Waals surface area contributed by atoms with Gasteiger partial charge >= 0.3 is 18.0 Å². The molecule has 0 spiro atoms. The Hall–Kier alpha value is -2.68. The summed E-state index contributed by atoms with van der Waals surface area (Å²) in [7, 11) is 1.26. The van der Waals surface area contributed by atoms with E-state index in [9.17, 15) is 14.4 Å². The maximum atomic E-state index is 12.3. The molecule has 1 rings (SSSR count). The first-order valence-electron chi connectivity index (χ1n) is 9.15. The summed E-state index contributed by atoms with van der Waals surface area (Å²) in [6.07, 6.45) is -0.562. The molecular weight excluding hydrogens is 396 g/mol. The lowest BCUT2D eigenvalue weighted by atomic mass is 10.1. The Morgan fingerprint density at radius 2 is 1.69 bits per heavy atom. The van der Waals surface area contributed by atoms with Crippen molar-refractivity contribution in [1.82, 2.24) is 10.6 Å². The fourth-order valence-corrected chi connectivity index (χ4v) is 2.62. The highest BCUT2D eigenvalue weighted by Crippen LogP contribution is 2.09.